The third-order valence-corrected chi connectivity index (χ3v) is 3.91. The minimum absolute atomic E-state index is 0. The molecule has 0 bridgehead atoms. The van der Waals surface area contributed by atoms with Crippen molar-refractivity contribution in [3.8, 4) is 5.75 Å². The lowest BCUT2D eigenvalue weighted by molar-refractivity contribution is 0.123. The summed E-state index contributed by atoms with van der Waals surface area (Å²) in [5.74, 6) is 2.61. The molecule has 2 N–H and O–H groups in total. The average molecular weight is 447 g/mol. The van der Waals surface area contributed by atoms with Crippen LogP contribution in [0.4, 0.5) is 0 Å². The van der Waals surface area contributed by atoms with Crippen LogP contribution in [0.5, 0.6) is 5.75 Å². The van der Waals surface area contributed by atoms with E-state index in [0.29, 0.717) is 0 Å². The fourth-order valence-electron chi connectivity index (χ4n) is 2.36. The van der Waals surface area contributed by atoms with Crippen LogP contribution in [0, 0.1) is 5.92 Å². The molecule has 1 aromatic carbocycles. The number of ether oxygens (including phenoxy) is 2. The molecule has 0 heterocycles. The predicted molar refractivity (Wildman–Crippen MR) is 110 cm³/mol. The fraction of sp³-hybridized carbons (Fsp3) is 0.611. The zero-order valence-electron chi connectivity index (χ0n) is 14.7. The standard InChI is InChI=1S/C18H29N3O2.HI/c1-19-18(20-11-5-13-23-14-15-8-9-15)21-12-10-16-6-3-4-7-17(16)22-2;/h3-4,6-7,15H,5,8-14H2,1-2H3,(H2,19,20,21);1H. The summed E-state index contributed by atoms with van der Waals surface area (Å²) in [4.78, 5) is 4.24. The van der Waals surface area contributed by atoms with Crippen LogP contribution in [-0.2, 0) is 11.2 Å². The quantitative estimate of drug-likeness (QED) is 0.251. The maximum absolute atomic E-state index is 5.62. The van der Waals surface area contributed by atoms with Crippen LogP contribution in [0.15, 0.2) is 29.3 Å². The molecule has 0 unspecified atom stereocenters. The van der Waals surface area contributed by atoms with Crippen molar-refractivity contribution in [1.29, 1.82) is 0 Å². The third kappa shape index (κ3) is 8.19. The van der Waals surface area contributed by atoms with Gasteiger partial charge in [-0.25, -0.2) is 0 Å². The number of halogens is 1. The smallest absolute Gasteiger partial charge is 0.190 e. The molecule has 0 aliphatic heterocycles. The summed E-state index contributed by atoms with van der Waals surface area (Å²) in [6.45, 7) is 3.45. The highest BCUT2D eigenvalue weighted by molar-refractivity contribution is 14.0. The Hall–Kier alpha value is -1.02. The lowest BCUT2D eigenvalue weighted by atomic mass is 10.1. The Balaban J connectivity index is 0.00000288. The van der Waals surface area contributed by atoms with Crippen LogP contribution in [0.25, 0.3) is 0 Å². The SMILES string of the molecule is CN=C(NCCCOCC1CC1)NCCc1ccccc1OC.I. The number of benzene rings is 1. The van der Waals surface area contributed by atoms with Gasteiger partial charge in [0.15, 0.2) is 5.96 Å². The van der Waals surface area contributed by atoms with Crippen LogP contribution < -0.4 is 15.4 Å². The summed E-state index contributed by atoms with van der Waals surface area (Å²) in [7, 11) is 3.50. The highest BCUT2D eigenvalue weighted by Gasteiger charge is 2.20. The Bertz CT molecular complexity index is 493. The van der Waals surface area contributed by atoms with Crippen LogP contribution in [-0.4, -0.2) is 46.4 Å². The zero-order valence-corrected chi connectivity index (χ0v) is 17.0. The van der Waals surface area contributed by atoms with Crippen molar-refractivity contribution in [1.82, 2.24) is 10.6 Å². The molecule has 1 aliphatic rings. The first-order valence-electron chi connectivity index (χ1n) is 8.47. The van der Waals surface area contributed by atoms with Crippen molar-refractivity contribution in [3.63, 3.8) is 0 Å². The number of hydrogen-bond donors (Lipinski definition) is 2. The lowest BCUT2D eigenvalue weighted by Crippen LogP contribution is -2.39. The van der Waals surface area contributed by atoms with Gasteiger partial charge in [0, 0.05) is 33.4 Å². The summed E-state index contributed by atoms with van der Waals surface area (Å²) in [6.07, 6.45) is 4.59. The Labute approximate surface area is 162 Å². The first kappa shape index (κ1) is 21.0. The van der Waals surface area contributed by atoms with E-state index in [2.05, 4.69) is 21.7 Å². The average Bonchev–Trinajstić information content (AvgIpc) is 3.41. The van der Waals surface area contributed by atoms with E-state index < -0.39 is 0 Å². The molecule has 1 fully saturated rings. The molecule has 0 radical (unpaired) electrons. The van der Waals surface area contributed by atoms with E-state index in [9.17, 15) is 0 Å². The number of rotatable bonds is 10. The Morgan fingerprint density at radius 1 is 1.21 bits per heavy atom. The third-order valence-electron chi connectivity index (χ3n) is 3.91. The maximum Gasteiger partial charge on any atom is 0.190 e. The summed E-state index contributed by atoms with van der Waals surface area (Å²) in [5.41, 5.74) is 1.20. The molecule has 0 saturated heterocycles. The van der Waals surface area contributed by atoms with Gasteiger partial charge in [-0.05, 0) is 43.2 Å². The van der Waals surface area contributed by atoms with Crippen LogP contribution in [0.2, 0.25) is 0 Å². The Morgan fingerprint density at radius 3 is 2.67 bits per heavy atom. The molecule has 136 valence electrons. The van der Waals surface area contributed by atoms with Gasteiger partial charge < -0.3 is 20.1 Å². The van der Waals surface area contributed by atoms with E-state index in [-0.39, 0.29) is 24.0 Å². The van der Waals surface area contributed by atoms with Gasteiger partial charge in [0.25, 0.3) is 0 Å². The summed E-state index contributed by atoms with van der Waals surface area (Å²) in [5, 5.41) is 6.65. The molecule has 0 aromatic heterocycles. The zero-order chi connectivity index (χ0) is 16.3. The Morgan fingerprint density at radius 2 is 1.96 bits per heavy atom. The van der Waals surface area contributed by atoms with Crippen molar-refractivity contribution in [2.24, 2.45) is 10.9 Å². The van der Waals surface area contributed by atoms with Crippen LogP contribution in [0.1, 0.15) is 24.8 Å². The topological polar surface area (TPSA) is 54.9 Å². The summed E-state index contributed by atoms with van der Waals surface area (Å²) >= 11 is 0. The molecule has 1 aromatic rings. The molecule has 1 aliphatic carbocycles. The van der Waals surface area contributed by atoms with Gasteiger partial charge in [0.2, 0.25) is 0 Å². The van der Waals surface area contributed by atoms with Gasteiger partial charge in [-0.2, -0.15) is 0 Å². The summed E-state index contributed by atoms with van der Waals surface area (Å²) < 4.78 is 11.0. The van der Waals surface area contributed by atoms with Gasteiger partial charge in [-0.3, -0.25) is 4.99 Å². The van der Waals surface area contributed by atoms with E-state index in [1.54, 1.807) is 14.2 Å². The van der Waals surface area contributed by atoms with Gasteiger partial charge in [-0.15, -0.1) is 24.0 Å². The van der Waals surface area contributed by atoms with E-state index in [4.69, 9.17) is 9.47 Å². The van der Waals surface area contributed by atoms with Crippen molar-refractivity contribution in [2.75, 3.05) is 40.5 Å². The number of aliphatic imine (C=N–C) groups is 1. The highest BCUT2D eigenvalue weighted by atomic mass is 127. The maximum atomic E-state index is 5.62. The molecule has 0 amide bonds. The number of methoxy groups -OCH3 is 1. The molecule has 2 rings (SSSR count). The minimum atomic E-state index is 0. The molecule has 24 heavy (non-hydrogen) atoms. The van der Waals surface area contributed by atoms with Crippen molar-refractivity contribution in [3.05, 3.63) is 29.8 Å². The first-order chi connectivity index (χ1) is 11.3. The largest absolute Gasteiger partial charge is 0.496 e. The van der Waals surface area contributed by atoms with Crippen LogP contribution in [0.3, 0.4) is 0 Å². The molecular formula is C18H30IN3O2. The van der Waals surface area contributed by atoms with Gasteiger partial charge in [0.05, 0.1) is 7.11 Å². The predicted octanol–water partition coefficient (Wildman–Crippen LogP) is 2.84. The van der Waals surface area contributed by atoms with E-state index in [1.807, 2.05) is 18.2 Å². The number of nitrogens with zero attached hydrogens (tertiary/aromatic N) is 1. The normalized spacial score (nSPS) is 14.0. The van der Waals surface area contributed by atoms with Gasteiger partial charge in [0.1, 0.15) is 5.75 Å². The number of guanidine groups is 1. The van der Waals surface area contributed by atoms with E-state index in [1.165, 1.54) is 18.4 Å². The molecule has 0 spiro atoms. The number of hydrogen-bond acceptors (Lipinski definition) is 3. The number of para-hydroxylation sites is 1. The molecule has 5 nitrogen and oxygen atoms in total. The molecule has 0 atom stereocenters. The number of nitrogens with one attached hydrogen (secondary N) is 2. The lowest BCUT2D eigenvalue weighted by Gasteiger charge is -2.13. The van der Waals surface area contributed by atoms with Crippen LogP contribution >= 0.6 is 24.0 Å². The summed E-state index contributed by atoms with van der Waals surface area (Å²) in [6, 6.07) is 8.10. The van der Waals surface area contributed by atoms with Crippen molar-refractivity contribution < 1.29 is 9.47 Å². The monoisotopic (exact) mass is 447 g/mol. The van der Waals surface area contributed by atoms with Crippen molar-refractivity contribution >= 4 is 29.9 Å². The second kappa shape index (κ2) is 12.4. The second-order valence-corrected chi connectivity index (χ2v) is 5.86. The Kier molecular flexibility index (Phi) is 10.8. The molecular weight excluding hydrogens is 417 g/mol. The minimum Gasteiger partial charge on any atom is -0.496 e. The first-order valence-corrected chi connectivity index (χ1v) is 8.47. The molecule has 1 saturated carbocycles. The van der Waals surface area contributed by atoms with E-state index in [0.717, 1.165) is 56.8 Å². The van der Waals surface area contributed by atoms with Gasteiger partial charge in [-0.1, -0.05) is 18.2 Å². The van der Waals surface area contributed by atoms with E-state index >= 15 is 0 Å². The van der Waals surface area contributed by atoms with Gasteiger partial charge >= 0.3 is 0 Å². The second-order valence-electron chi connectivity index (χ2n) is 5.86. The molecule has 6 heteroatoms. The fourth-order valence-corrected chi connectivity index (χ4v) is 2.36. The highest BCUT2D eigenvalue weighted by Crippen LogP contribution is 2.28. The van der Waals surface area contributed by atoms with Crippen molar-refractivity contribution in [2.45, 2.75) is 25.7 Å².